The maximum Gasteiger partial charge on any atom is 0.151 e. The molecule has 0 aliphatic rings. The summed E-state index contributed by atoms with van der Waals surface area (Å²) >= 11 is 0. The summed E-state index contributed by atoms with van der Waals surface area (Å²) in [6.07, 6.45) is 5.54. The molecule has 0 aromatic carbocycles. The molecule has 0 bridgehead atoms. The van der Waals surface area contributed by atoms with E-state index in [9.17, 15) is 0 Å². The molecule has 0 atom stereocenters. The molecule has 92 valence electrons. The minimum absolute atomic E-state index is 0.547. The van der Waals surface area contributed by atoms with E-state index in [0.717, 1.165) is 36.7 Å². The quantitative estimate of drug-likeness (QED) is 0.754. The highest BCUT2D eigenvalue weighted by Crippen LogP contribution is 2.17. The first kappa shape index (κ1) is 11.9. The third kappa shape index (κ3) is 3.46. The zero-order chi connectivity index (χ0) is 12.1. The van der Waals surface area contributed by atoms with E-state index in [1.165, 1.54) is 0 Å². The monoisotopic (exact) mass is 233 g/mol. The van der Waals surface area contributed by atoms with E-state index in [1.54, 1.807) is 6.26 Å². The van der Waals surface area contributed by atoms with E-state index in [0.29, 0.717) is 6.04 Å². The number of hydrogen-bond donors (Lipinski definition) is 2. The number of furan rings is 1. The fourth-order valence-corrected chi connectivity index (χ4v) is 1.69. The minimum atomic E-state index is 0.547. The number of H-pyrrole nitrogens is 1. The van der Waals surface area contributed by atoms with Gasteiger partial charge < -0.3 is 14.7 Å². The SMILES string of the molecule is CC(C)NCCCc1ncc(-c2ccco2)[nH]1. The van der Waals surface area contributed by atoms with Crippen molar-refractivity contribution >= 4 is 0 Å². The predicted molar refractivity (Wildman–Crippen MR) is 67.7 cm³/mol. The Kier molecular flexibility index (Phi) is 3.98. The molecule has 2 aromatic heterocycles. The molecule has 4 nitrogen and oxygen atoms in total. The molecule has 2 heterocycles. The maximum atomic E-state index is 5.31. The lowest BCUT2D eigenvalue weighted by Crippen LogP contribution is -2.24. The number of aromatic nitrogens is 2. The Labute approximate surface area is 101 Å². The Bertz CT molecular complexity index is 431. The van der Waals surface area contributed by atoms with Crippen molar-refractivity contribution in [3.8, 4) is 11.5 Å². The molecule has 0 fully saturated rings. The molecular formula is C13H19N3O. The van der Waals surface area contributed by atoms with Crippen LogP contribution in [0.2, 0.25) is 0 Å². The lowest BCUT2D eigenvalue weighted by atomic mass is 10.3. The predicted octanol–water partition coefficient (Wildman–Crippen LogP) is 2.60. The minimum Gasteiger partial charge on any atom is -0.463 e. The number of hydrogen-bond acceptors (Lipinski definition) is 3. The second-order valence-electron chi connectivity index (χ2n) is 4.43. The van der Waals surface area contributed by atoms with Gasteiger partial charge in [0.25, 0.3) is 0 Å². The van der Waals surface area contributed by atoms with Crippen LogP contribution in [0.25, 0.3) is 11.5 Å². The van der Waals surface area contributed by atoms with Gasteiger partial charge in [-0.2, -0.15) is 0 Å². The molecule has 2 aromatic rings. The molecule has 0 aliphatic heterocycles. The van der Waals surface area contributed by atoms with Crippen molar-refractivity contribution in [2.24, 2.45) is 0 Å². The Morgan fingerprint density at radius 3 is 3.06 bits per heavy atom. The van der Waals surface area contributed by atoms with Crippen LogP contribution in [0.1, 0.15) is 26.1 Å². The van der Waals surface area contributed by atoms with Crippen molar-refractivity contribution in [1.29, 1.82) is 0 Å². The average molecular weight is 233 g/mol. The highest BCUT2D eigenvalue weighted by Gasteiger charge is 2.05. The van der Waals surface area contributed by atoms with Gasteiger partial charge in [-0.25, -0.2) is 4.98 Å². The summed E-state index contributed by atoms with van der Waals surface area (Å²) in [6.45, 7) is 5.33. The van der Waals surface area contributed by atoms with E-state index in [1.807, 2.05) is 18.3 Å². The molecule has 0 amide bonds. The van der Waals surface area contributed by atoms with E-state index in [2.05, 4.69) is 29.1 Å². The smallest absolute Gasteiger partial charge is 0.151 e. The Balaban J connectivity index is 1.83. The summed E-state index contributed by atoms with van der Waals surface area (Å²) < 4.78 is 5.31. The lowest BCUT2D eigenvalue weighted by molar-refractivity contribution is 0.566. The molecule has 2 N–H and O–H groups in total. The van der Waals surface area contributed by atoms with Crippen LogP contribution in [0.3, 0.4) is 0 Å². The first-order valence-corrected chi connectivity index (χ1v) is 6.07. The third-order valence-corrected chi connectivity index (χ3v) is 2.56. The van der Waals surface area contributed by atoms with Crippen molar-refractivity contribution in [1.82, 2.24) is 15.3 Å². The second kappa shape index (κ2) is 5.68. The highest BCUT2D eigenvalue weighted by molar-refractivity contribution is 5.50. The van der Waals surface area contributed by atoms with Gasteiger partial charge in [0.15, 0.2) is 5.76 Å². The molecule has 0 saturated carbocycles. The molecule has 4 heteroatoms. The number of imidazole rings is 1. The summed E-state index contributed by atoms with van der Waals surface area (Å²) in [4.78, 5) is 7.62. The van der Waals surface area contributed by atoms with Crippen LogP contribution in [-0.4, -0.2) is 22.6 Å². The standard InChI is InChI=1S/C13H19N3O/c1-10(2)14-7-3-6-13-15-9-11(16-13)12-5-4-8-17-12/h4-5,8-10,14H,3,6-7H2,1-2H3,(H,15,16). The van der Waals surface area contributed by atoms with Gasteiger partial charge in [0.05, 0.1) is 12.5 Å². The zero-order valence-corrected chi connectivity index (χ0v) is 10.4. The van der Waals surface area contributed by atoms with Crippen molar-refractivity contribution in [3.63, 3.8) is 0 Å². The maximum absolute atomic E-state index is 5.31. The molecule has 0 unspecified atom stereocenters. The fourth-order valence-electron chi connectivity index (χ4n) is 1.69. The van der Waals surface area contributed by atoms with E-state index in [-0.39, 0.29) is 0 Å². The van der Waals surface area contributed by atoms with Gasteiger partial charge in [-0.1, -0.05) is 13.8 Å². The summed E-state index contributed by atoms with van der Waals surface area (Å²) in [5.74, 6) is 1.85. The van der Waals surface area contributed by atoms with Gasteiger partial charge in [0.2, 0.25) is 0 Å². The van der Waals surface area contributed by atoms with Crippen LogP contribution in [0.15, 0.2) is 29.0 Å². The fraction of sp³-hybridized carbons (Fsp3) is 0.462. The van der Waals surface area contributed by atoms with Crippen molar-refractivity contribution in [3.05, 3.63) is 30.4 Å². The Morgan fingerprint density at radius 1 is 1.47 bits per heavy atom. The number of rotatable bonds is 6. The molecule has 17 heavy (non-hydrogen) atoms. The average Bonchev–Trinajstić information content (AvgIpc) is 2.94. The molecule has 0 saturated heterocycles. The lowest BCUT2D eigenvalue weighted by Gasteiger charge is -2.06. The van der Waals surface area contributed by atoms with Crippen molar-refractivity contribution in [2.45, 2.75) is 32.7 Å². The number of nitrogens with one attached hydrogen (secondary N) is 2. The van der Waals surface area contributed by atoms with E-state index >= 15 is 0 Å². The first-order chi connectivity index (χ1) is 8.25. The van der Waals surface area contributed by atoms with Crippen LogP contribution in [-0.2, 0) is 6.42 Å². The summed E-state index contributed by atoms with van der Waals surface area (Å²) in [7, 11) is 0. The molecule has 0 aliphatic carbocycles. The molecular weight excluding hydrogens is 214 g/mol. The number of aryl methyl sites for hydroxylation is 1. The molecule has 0 spiro atoms. The van der Waals surface area contributed by atoms with E-state index < -0.39 is 0 Å². The third-order valence-electron chi connectivity index (χ3n) is 2.56. The second-order valence-corrected chi connectivity index (χ2v) is 4.43. The van der Waals surface area contributed by atoms with Gasteiger partial charge >= 0.3 is 0 Å². The summed E-state index contributed by atoms with van der Waals surface area (Å²) in [5, 5.41) is 3.39. The van der Waals surface area contributed by atoms with Gasteiger partial charge in [0.1, 0.15) is 11.5 Å². The van der Waals surface area contributed by atoms with Crippen LogP contribution < -0.4 is 5.32 Å². The topological polar surface area (TPSA) is 53.9 Å². The van der Waals surface area contributed by atoms with Crippen LogP contribution >= 0.6 is 0 Å². The number of aromatic amines is 1. The van der Waals surface area contributed by atoms with Crippen molar-refractivity contribution < 1.29 is 4.42 Å². The highest BCUT2D eigenvalue weighted by atomic mass is 16.3. The van der Waals surface area contributed by atoms with Crippen LogP contribution in [0.5, 0.6) is 0 Å². The molecule has 0 radical (unpaired) electrons. The van der Waals surface area contributed by atoms with Crippen molar-refractivity contribution in [2.75, 3.05) is 6.54 Å². The summed E-state index contributed by atoms with van der Waals surface area (Å²) in [6, 6.07) is 4.35. The summed E-state index contributed by atoms with van der Waals surface area (Å²) in [5.41, 5.74) is 0.946. The Morgan fingerprint density at radius 2 is 2.35 bits per heavy atom. The van der Waals surface area contributed by atoms with Crippen LogP contribution in [0, 0.1) is 0 Å². The normalized spacial score (nSPS) is 11.2. The first-order valence-electron chi connectivity index (χ1n) is 6.07. The van der Waals surface area contributed by atoms with Gasteiger partial charge in [0, 0.05) is 12.5 Å². The van der Waals surface area contributed by atoms with Gasteiger partial charge in [-0.3, -0.25) is 0 Å². The van der Waals surface area contributed by atoms with Gasteiger partial charge in [-0.05, 0) is 25.1 Å². The largest absolute Gasteiger partial charge is 0.463 e. The van der Waals surface area contributed by atoms with Crippen LogP contribution in [0.4, 0.5) is 0 Å². The molecule has 2 rings (SSSR count). The van der Waals surface area contributed by atoms with Gasteiger partial charge in [-0.15, -0.1) is 0 Å². The Hall–Kier alpha value is -1.55. The van der Waals surface area contributed by atoms with E-state index in [4.69, 9.17) is 4.42 Å². The zero-order valence-electron chi connectivity index (χ0n) is 10.4. The number of nitrogens with zero attached hydrogens (tertiary/aromatic N) is 1.